The smallest absolute Gasteiger partial charge is 0.128 e. The Bertz CT molecular complexity index is 4940. The van der Waals surface area contributed by atoms with Crippen LogP contribution in [0.15, 0.2) is 261 Å². The molecule has 0 aliphatic rings. The van der Waals surface area contributed by atoms with Crippen molar-refractivity contribution >= 4 is 38.9 Å². The number of aromatic nitrogens is 2. The first-order valence-corrected chi connectivity index (χ1v) is 38.8. The van der Waals surface area contributed by atoms with Crippen molar-refractivity contribution in [3.63, 3.8) is 0 Å². The van der Waals surface area contributed by atoms with Crippen LogP contribution in [0.3, 0.4) is 0 Å². The molecule has 0 unspecified atom stereocenters. The highest BCUT2D eigenvalue weighted by Gasteiger charge is 2.21. The molecule has 0 aliphatic heterocycles. The van der Waals surface area contributed by atoms with Crippen LogP contribution in [0.1, 0.15) is 142 Å². The number of aryl methyl sites for hydroxylation is 2. The average Bonchev–Trinajstić information content (AvgIpc) is 0.767. The number of anilines is 3. The van der Waals surface area contributed by atoms with Crippen molar-refractivity contribution in [3.05, 3.63) is 272 Å². The number of para-hydroxylation sites is 1. The van der Waals surface area contributed by atoms with Crippen molar-refractivity contribution in [1.82, 2.24) is 9.97 Å². The first kappa shape index (κ1) is 72.6. The van der Waals surface area contributed by atoms with Gasteiger partial charge in [-0.2, -0.15) is 0 Å². The summed E-state index contributed by atoms with van der Waals surface area (Å²) in [6.45, 7) is 15.9. The van der Waals surface area contributed by atoms with E-state index >= 15 is 0 Å². The van der Waals surface area contributed by atoms with Crippen LogP contribution in [-0.2, 0) is 0 Å². The predicted octanol–water partition coefficient (Wildman–Crippen LogP) is 28.0. The van der Waals surface area contributed by atoms with Crippen molar-refractivity contribution in [3.8, 4) is 112 Å². The zero-order valence-corrected chi connectivity index (χ0v) is 62.4. The molecule has 0 radical (unpaired) electrons. The molecule has 105 heavy (non-hydrogen) atoms. The molecule has 2 heterocycles. The van der Waals surface area contributed by atoms with E-state index in [2.05, 4.69) is 307 Å². The fourth-order valence-electron chi connectivity index (χ4n) is 14.2. The zero-order chi connectivity index (χ0) is 72.1. The fourth-order valence-corrected chi connectivity index (χ4v) is 14.2. The Balaban J connectivity index is 0.819. The average molecular weight is 1380 g/mol. The molecule has 0 amide bonds. The van der Waals surface area contributed by atoms with E-state index in [9.17, 15) is 0 Å². The summed E-state index contributed by atoms with van der Waals surface area (Å²) in [7, 11) is 0. The standard InChI is InChI=1S/C98H101N3O4/c1-7-11-15-28-58-102-95-67-86(96(62-71(95)6)103-59-29-16-12-8-2)74-40-44-77(45-41-74)93-65-84(72-32-22-19-23-33-72)89-63-79(50-56-91(89)99-93)80-51-57-92-90(64-80)85(73-34-24-20-25-35-73)66-94(100-92)78-46-42-75(43-47-78)87-68-98(105-61-31-18-14-10-4)88(69-97(87)104-60-30-17-13-9-3)76-48-54-83(55-49-76)101(81-36-26-21-27-37-81)82-52-38-70(5)39-53-82/h19-27,32-57,62-69H,7-18,28-31,58-61H2,1-6H3. The highest BCUT2D eigenvalue weighted by Crippen LogP contribution is 2.46. The van der Waals surface area contributed by atoms with Gasteiger partial charge in [0.2, 0.25) is 0 Å². The van der Waals surface area contributed by atoms with E-state index in [1.807, 2.05) is 0 Å². The molecule has 0 aliphatic carbocycles. The lowest BCUT2D eigenvalue weighted by atomic mass is 9.93. The van der Waals surface area contributed by atoms with Crippen molar-refractivity contribution in [2.24, 2.45) is 0 Å². The number of ether oxygens (including phenoxy) is 4. The predicted molar refractivity (Wildman–Crippen MR) is 443 cm³/mol. The molecule has 0 saturated heterocycles. The van der Waals surface area contributed by atoms with Gasteiger partial charge >= 0.3 is 0 Å². The zero-order valence-electron chi connectivity index (χ0n) is 62.4. The quantitative estimate of drug-likeness (QED) is 0.0367. The monoisotopic (exact) mass is 1380 g/mol. The van der Waals surface area contributed by atoms with Gasteiger partial charge in [-0.3, -0.25) is 0 Å². The van der Waals surface area contributed by atoms with Gasteiger partial charge < -0.3 is 23.8 Å². The Labute approximate surface area is 624 Å². The topological polar surface area (TPSA) is 65.9 Å². The molecule has 0 spiro atoms. The summed E-state index contributed by atoms with van der Waals surface area (Å²) in [4.78, 5) is 13.2. The maximum Gasteiger partial charge on any atom is 0.128 e. The lowest BCUT2D eigenvalue weighted by molar-refractivity contribution is 0.296. The van der Waals surface area contributed by atoms with Crippen LogP contribution in [-0.4, -0.2) is 36.4 Å². The summed E-state index contributed by atoms with van der Waals surface area (Å²) >= 11 is 0. The molecule has 13 aromatic rings. The molecule has 532 valence electrons. The number of rotatable bonds is 35. The maximum atomic E-state index is 6.90. The normalized spacial score (nSPS) is 11.3. The van der Waals surface area contributed by atoms with Gasteiger partial charge in [-0.05, 0) is 192 Å². The second-order valence-electron chi connectivity index (χ2n) is 28.1. The van der Waals surface area contributed by atoms with Crippen LogP contribution in [0, 0.1) is 13.8 Å². The molecule has 0 fully saturated rings. The number of unbranched alkanes of at least 4 members (excludes halogenated alkanes) is 12. The molecule has 0 bridgehead atoms. The lowest BCUT2D eigenvalue weighted by Crippen LogP contribution is -2.09. The SMILES string of the molecule is CCCCCCOc1cc(-c2ccc(-c3cc(-c4ccccc4)c4cc(-c5ccc6nc(-c7ccc(-c8cc(OCCCCCC)c(-c9ccc(N(c%10ccccc%10)c%10ccc(C)cc%10)cc9)cc8OCCCCCC)cc7)cc(-c7ccccc7)c6c5)ccc4n3)cc2)c(OCCCCCC)cc1C. The van der Waals surface area contributed by atoms with Gasteiger partial charge in [0.1, 0.15) is 23.0 Å². The van der Waals surface area contributed by atoms with Gasteiger partial charge in [-0.25, -0.2) is 9.97 Å². The molecule has 0 N–H and O–H groups in total. The molecule has 7 nitrogen and oxygen atoms in total. The molecule has 0 atom stereocenters. The first-order chi connectivity index (χ1) is 51.7. The minimum atomic E-state index is 0.627. The second kappa shape index (κ2) is 36.1. The Kier molecular flexibility index (Phi) is 25.0. The molecular formula is C98H101N3O4. The number of pyridine rings is 2. The van der Waals surface area contributed by atoms with Gasteiger partial charge in [0.05, 0.1) is 48.8 Å². The molecule has 2 aromatic heterocycles. The Morgan fingerprint density at radius 1 is 0.257 bits per heavy atom. The van der Waals surface area contributed by atoms with Crippen LogP contribution in [0.4, 0.5) is 17.1 Å². The van der Waals surface area contributed by atoms with E-state index in [1.165, 1.54) is 56.9 Å². The summed E-state index contributed by atoms with van der Waals surface area (Å²) in [5.41, 5.74) is 24.4. The van der Waals surface area contributed by atoms with Crippen molar-refractivity contribution in [1.29, 1.82) is 0 Å². The third-order valence-corrected chi connectivity index (χ3v) is 20.2. The lowest BCUT2D eigenvalue weighted by Gasteiger charge is -2.26. The second-order valence-corrected chi connectivity index (χ2v) is 28.1. The van der Waals surface area contributed by atoms with E-state index in [1.54, 1.807) is 0 Å². The number of fused-ring (bicyclic) bond motifs is 2. The first-order valence-electron chi connectivity index (χ1n) is 38.8. The molecule has 7 heteroatoms. The van der Waals surface area contributed by atoms with Crippen molar-refractivity contribution < 1.29 is 18.9 Å². The highest BCUT2D eigenvalue weighted by atomic mass is 16.5. The molecule has 0 saturated carbocycles. The van der Waals surface area contributed by atoms with Crippen LogP contribution < -0.4 is 23.8 Å². The summed E-state index contributed by atoms with van der Waals surface area (Å²) in [5, 5.41) is 2.17. The fraction of sp³-hybridized carbons (Fsp3) is 0.265. The van der Waals surface area contributed by atoms with Gasteiger partial charge in [0.15, 0.2) is 0 Å². The van der Waals surface area contributed by atoms with Crippen LogP contribution in [0.5, 0.6) is 23.0 Å². The summed E-state index contributed by atoms with van der Waals surface area (Å²) < 4.78 is 26.8. The number of nitrogens with zero attached hydrogens (tertiary/aromatic N) is 3. The van der Waals surface area contributed by atoms with Gasteiger partial charge in [0, 0.05) is 55.7 Å². The van der Waals surface area contributed by atoms with E-state index in [0.717, 1.165) is 208 Å². The van der Waals surface area contributed by atoms with Crippen LogP contribution >= 0.6 is 0 Å². The number of benzene rings is 11. The van der Waals surface area contributed by atoms with Gasteiger partial charge in [-0.1, -0.05) is 274 Å². The molecular weight excluding hydrogens is 1280 g/mol. The van der Waals surface area contributed by atoms with E-state index in [0.29, 0.717) is 26.4 Å². The minimum absolute atomic E-state index is 0.627. The number of hydrogen-bond acceptors (Lipinski definition) is 7. The third-order valence-electron chi connectivity index (χ3n) is 20.2. The Morgan fingerprint density at radius 2 is 0.571 bits per heavy atom. The van der Waals surface area contributed by atoms with Crippen LogP contribution in [0.25, 0.3) is 111 Å². The molecule has 11 aromatic carbocycles. The number of hydrogen-bond donors (Lipinski definition) is 0. The van der Waals surface area contributed by atoms with E-state index in [-0.39, 0.29) is 0 Å². The van der Waals surface area contributed by atoms with E-state index in [4.69, 9.17) is 28.9 Å². The van der Waals surface area contributed by atoms with Gasteiger partial charge in [0.25, 0.3) is 0 Å². The third kappa shape index (κ3) is 18.1. The summed E-state index contributed by atoms with van der Waals surface area (Å²) in [6, 6.07) is 94.2. The largest absolute Gasteiger partial charge is 0.493 e. The Morgan fingerprint density at radius 3 is 0.971 bits per heavy atom. The van der Waals surface area contributed by atoms with Gasteiger partial charge in [-0.15, -0.1) is 0 Å². The van der Waals surface area contributed by atoms with E-state index < -0.39 is 0 Å². The Hall–Kier alpha value is -10.8. The van der Waals surface area contributed by atoms with Crippen molar-refractivity contribution in [2.75, 3.05) is 31.3 Å². The summed E-state index contributed by atoms with van der Waals surface area (Å²) in [5.74, 6) is 3.51. The minimum Gasteiger partial charge on any atom is -0.493 e. The maximum absolute atomic E-state index is 6.90. The highest BCUT2D eigenvalue weighted by molar-refractivity contribution is 6.02. The molecule has 13 rings (SSSR count). The van der Waals surface area contributed by atoms with Crippen molar-refractivity contribution in [2.45, 2.75) is 144 Å². The van der Waals surface area contributed by atoms with Crippen LogP contribution in [0.2, 0.25) is 0 Å². The summed E-state index contributed by atoms with van der Waals surface area (Å²) in [6.07, 6.45) is 18.2.